The molecule has 0 bridgehead atoms. The van der Waals surface area contributed by atoms with E-state index in [4.69, 9.17) is 23.2 Å². The smallest absolute Gasteiger partial charge is 0.332 e. The molecule has 1 fully saturated rings. The van der Waals surface area contributed by atoms with E-state index in [0.717, 1.165) is 33.9 Å². The molecule has 0 unspecified atom stereocenters. The van der Waals surface area contributed by atoms with Gasteiger partial charge in [0.15, 0.2) is 0 Å². The largest absolute Gasteiger partial charge is 0.337 e. The molecule has 0 aromatic heterocycles. The van der Waals surface area contributed by atoms with Crippen molar-refractivity contribution in [2.75, 3.05) is 25.0 Å². The highest BCUT2D eigenvalue weighted by molar-refractivity contribution is 6.42. The van der Waals surface area contributed by atoms with Gasteiger partial charge >= 0.3 is 6.03 Å². The van der Waals surface area contributed by atoms with Crippen LogP contribution in [0.15, 0.2) is 115 Å². The number of halogens is 2. The van der Waals surface area contributed by atoms with Gasteiger partial charge in [-0.05, 0) is 83.6 Å². The maximum Gasteiger partial charge on any atom is 0.332 e. The van der Waals surface area contributed by atoms with Crippen LogP contribution < -0.4 is 10.6 Å². The fourth-order valence-electron chi connectivity index (χ4n) is 7.04. The summed E-state index contributed by atoms with van der Waals surface area (Å²) in [6.45, 7) is 4.93. The minimum atomic E-state index is -0.644. The molecule has 2 atom stereocenters. The number of urea groups is 1. The third-order valence-electron chi connectivity index (χ3n) is 9.71. The number of fused-ring (bicyclic) bond motifs is 1. The Hall–Kier alpha value is -5.42. The van der Waals surface area contributed by atoms with Crippen molar-refractivity contribution in [2.45, 2.75) is 52.0 Å². The molecule has 0 spiro atoms. The van der Waals surface area contributed by atoms with Crippen LogP contribution in [0.25, 0.3) is 10.8 Å². The number of anilines is 1. The van der Waals surface area contributed by atoms with E-state index in [0.29, 0.717) is 47.2 Å². The first-order valence-electron chi connectivity index (χ1n) is 18.3. The van der Waals surface area contributed by atoms with Crippen molar-refractivity contribution in [1.82, 2.24) is 25.1 Å². The van der Waals surface area contributed by atoms with Crippen LogP contribution in [-0.2, 0) is 29.1 Å². The molecule has 10 nitrogen and oxygen atoms in total. The maximum absolute atomic E-state index is 14.1. The number of hydrogen-bond acceptors (Lipinski definition) is 5. The van der Waals surface area contributed by atoms with Gasteiger partial charge in [-0.15, -0.1) is 0 Å². The molecule has 1 aliphatic heterocycles. The average molecular weight is 780 g/mol. The van der Waals surface area contributed by atoms with Gasteiger partial charge in [0, 0.05) is 36.9 Å². The van der Waals surface area contributed by atoms with Gasteiger partial charge in [-0.2, -0.15) is 5.01 Å². The lowest BCUT2D eigenvalue weighted by Gasteiger charge is -2.40. The third kappa shape index (κ3) is 9.64. The molecule has 284 valence electrons. The lowest BCUT2D eigenvalue weighted by Crippen LogP contribution is -2.58. The molecule has 0 aliphatic carbocycles. The highest BCUT2D eigenvalue weighted by Gasteiger charge is 2.45. The number of rotatable bonds is 15. The molecule has 1 heterocycles. The Kier molecular flexibility index (Phi) is 13.0. The van der Waals surface area contributed by atoms with Crippen LogP contribution >= 0.6 is 23.2 Å². The zero-order valence-corrected chi connectivity index (χ0v) is 32.3. The second-order valence-corrected chi connectivity index (χ2v) is 14.5. The molecular formula is C43H44Cl2N6O4. The molecule has 55 heavy (non-hydrogen) atoms. The normalized spacial score (nSPS) is 14.8. The minimum Gasteiger partial charge on any atom is -0.337 e. The zero-order valence-electron chi connectivity index (χ0n) is 30.8. The zero-order chi connectivity index (χ0) is 38.9. The van der Waals surface area contributed by atoms with Crippen LogP contribution in [0.5, 0.6) is 0 Å². The summed E-state index contributed by atoms with van der Waals surface area (Å²) in [5, 5.41) is 12.2. The monoisotopic (exact) mass is 778 g/mol. The van der Waals surface area contributed by atoms with E-state index in [1.54, 1.807) is 50.1 Å². The lowest BCUT2D eigenvalue weighted by atomic mass is 10.0. The number of carbonyl (C=O) groups is 4. The molecule has 5 aromatic rings. The van der Waals surface area contributed by atoms with E-state index in [-0.39, 0.29) is 43.5 Å². The van der Waals surface area contributed by atoms with Crippen molar-refractivity contribution in [3.63, 3.8) is 0 Å². The fraction of sp³-hybridized carbons (Fsp3) is 0.256. The highest BCUT2D eigenvalue weighted by Crippen LogP contribution is 2.27. The molecule has 5 amide bonds. The van der Waals surface area contributed by atoms with Crippen molar-refractivity contribution < 1.29 is 19.2 Å². The molecular weight excluding hydrogens is 735 g/mol. The second kappa shape index (κ2) is 18.3. The first-order chi connectivity index (χ1) is 26.6. The summed E-state index contributed by atoms with van der Waals surface area (Å²) in [6.07, 6.45) is 1.30. The highest BCUT2D eigenvalue weighted by atomic mass is 35.5. The lowest BCUT2D eigenvalue weighted by molar-refractivity contribution is -0.132. The van der Waals surface area contributed by atoms with Gasteiger partial charge in [-0.1, -0.05) is 109 Å². The van der Waals surface area contributed by atoms with E-state index >= 15 is 0 Å². The molecule has 1 saturated heterocycles. The van der Waals surface area contributed by atoms with Crippen molar-refractivity contribution in [2.24, 2.45) is 0 Å². The van der Waals surface area contributed by atoms with E-state index in [1.807, 2.05) is 98.8 Å². The van der Waals surface area contributed by atoms with Crippen molar-refractivity contribution in [3.05, 3.63) is 148 Å². The molecule has 12 heteroatoms. The van der Waals surface area contributed by atoms with Gasteiger partial charge in [-0.3, -0.25) is 19.4 Å². The molecule has 0 radical (unpaired) electrons. The first-order valence-corrected chi connectivity index (χ1v) is 19.1. The van der Waals surface area contributed by atoms with E-state index in [1.165, 1.54) is 0 Å². The Labute approximate surface area is 331 Å². The van der Waals surface area contributed by atoms with Crippen LogP contribution in [-0.4, -0.2) is 75.9 Å². The summed E-state index contributed by atoms with van der Waals surface area (Å²) in [5.41, 5.74) is 3.93. The quantitative estimate of drug-likeness (QED) is 0.105. The van der Waals surface area contributed by atoms with Gasteiger partial charge in [0.1, 0.15) is 6.17 Å². The van der Waals surface area contributed by atoms with Gasteiger partial charge in [0.25, 0.3) is 5.91 Å². The van der Waals surface area contributed by atoms with Crippen LogP contribution in [0.2, 0.25) is 10.0 Å². The Morgan fingerprint density at radius 1 is 0.891 bits per heavy atom. The summed E-state index contributed by atoms with van der Waals surface area (Å²) < 4.78 is 0. The maximum atomic E-state index is 14.1. The van der Waals surface area contributed by atoms with E-state index in [9.17, 15) is 19.2 Å². The Morgan fingerprint density at radius 2 is 1.60 bits per heavy atom. The topological polar surface area (TPSA) is 105 Å². The van der Waals surface area contributed by atoms with Crippen LogP contribution in [0.1, 0.15) is 47.3 Å². The number of carbonyl (C=O) groups excluding carboxylic acids is 4. The molecule has 2 N–H and O–H groups in total. The Morgan fingerprint density at radius 3 is 2.33 bits per heavy atom. The predicted molar refractivity (Wildman–Crippen MR) is 217 cm³/mol. The van der Waals surface area contributed by atoms with E-state index in [2.05, 4.69) is 10.6 Å². The number of amides is 5. The van der Waals surface area contributed by atoms with Crippen LogP contribution in [0.3, 0.4) is 0 Å². The standard InChI is InChI=1S/C43H44Cl2N6O4/c1-3-22-49(43(55)46-25-32-18-21-38(44)39(45)24-32)50-28-41(53)51(40(50)27-48(29-52)26-35-14-9-13-33-10-7-8-15-37(33)35)30(2)23-31-16-19-36(20-17-31)47-42(54)34-11-5-4-6-12-34/h4-21,24,29-30,40H,3,22-23,25-28H2,1-2H3,(H,46,55)(H,47,54)/t30-,40-/m1/s1. The summed E-state index contributed by atoms with van der Waals surface area (Å²) in [6, 6.07) is 35.1. The van der Waals surface area contributed by atoms with Crippen molar-refractivity contribution in [1.29, 1.82) is 0 Å². The summed E-state index contributed by atoms with van der Waals surface area (Å²) >= 11 is 12.3. The van der Waals surface area contributed by atoms with Gasteiger partial charge in [0.2, 0.25) is 12.3 Å². The summed E-state index contributed by atoms with van der Waals surface area (Å²) in [7, 11) is 0. The molecule has 5 aromatic carbocycles. The first kappa shape index (κ1) is 39.3. The second-order valence-electron chi connectivity index (χ2n) is 13.7. The number of nitrogens with zero attached hydrogens (tertiary/aromatic N) is 4. The van der Waals surface area contributed by atoms with Crippen LogP contribution in [0.4, 0.5) is 10.5 Å². The summed E-state index contributed by atoms with van der Waals surface area (Å²) in [5.74, 6) is -0.355. The van der Waals surface area contributed by atoms with Crippen LogP contribution in [0, 0.1) is 0 Å². The Balaban J connectivity index is 1.24. The SMILES string of the molecule is CCCN(C(=O)NCc1ccc(Cl)c(Cl)c1)N1CC(=O)N([C@H](C)Cc2ccc(NC(=O)c3ccccc3)cc2)[C@@H]1CN(C=O)Cc1cccc2ccccc12. The average Bonchev–Trinajstić information content (AvgIpc) is 3.52. The fourth-order valence-corrected chi connectivity index (χ4v) is 7.36. The van der Waals surface area contributed by atoms with Gasteiger partial charge < -0.3 is 20.4 Å². The van der Waals surface area contributed by atoms with E-state index < -0.39 is 6.17 Å². The predicted octanol–water partition coefficient (Wildman–Crippen LogP) is 8.00. The summed E-state index contributed by atoms with van der Waals surface area (Å²) in [4.78, 5) is 56.9. The molecule has 0 saturated carbocycles. The number of benzene rings is 5. The van der Waals surface area contributed by atoms with Crippen molar-refractivity contribution >= 4 is 63.9 Å². The molecule has 1 aliphatic rings. The van der Waals surface area contributed by atoms with Gasteiger partial charge in [-0.25, -0.2) is 4.79 Å². The van der Waals surface area contributed by atoms with Crippen molar-refractivity contribution in [3.8, 4) is 0 Å². The third-order valence-corrected chi connectivity index (χ3v) is 10.5. The minimum absolute atomic E-state index is 0.0411. The number of hydrazine groups is 1. The van der Waals surface area contributed by atoms with Gasteiger partial charge in [0.05, 0.1) is 23.1 Å². The Bertz CT molecular complexity index is 2130. The number of nitrogens with one attached hydrogen (secondary N) is 2. The number of hydrogen-bond donors (Lipinski definition) is 2. The molecule has 6 rings (SSSR count).